The van der Waals surface area contributed by atoms with Gasteiger partial charge in [0.05, 0.1) is 5.69 Å². The Morgan fingerprint density at radius 2 is 1.14 bits per heavy atom. The van der Waals surface area contributed by atoms with E-state index in [-0.39, 0.29) is 11.8 Å². The molecule has 1 aliphatic heterocycles. The van der Waals surface area contributed by atoms with E-state index in [1.54, 1.807) is 0 Å². The normalized spacial score (nSPS) is 17.1. The number of benzene rings is 6. The van der Waals surface area contributed by atoms with Gasteiger partial charge in [0.25, 0.3) is 0 Å². The van der Waals surface area contributed by atoms with Crippen molar-refractivity contribution in [1.82, 2.24) is 15.0 Å². The quantitative estimate of drug-likeness (QED) is 0.186. The molecule has 3 aliphatic rings. The van der Waals surface area contributed by atoms with E-state index >= 15 is 0 Å². The third-order valence-corrected chi connectivity index (χ3v) is 10.2. The average molecular weight is 653 g/mol. The van der Waals surface area contributed by atoms with Gasteiger partial charge in [-0.3, -0.25) is 0 Å². The maximum Gasteiger partial charge on any atom is 0.164 e. The predicted octanol–water partition coefficient (Wildman–Crippen LogP) is 11.5. The monoisotopic (exact) mass is 652 g/mol. The highest BCUT2D eigenvalue weighted by Crippen LogP contribution is 2.56. The van der Waals surface area contributed by atoms with Crippen LogP contribution in [-0.4, -0.2) is 15.0 Å². The SMILES string of the molecule is C1=CC2=CC=C3C(c4c(ccc5ccccc45)N3c3cccc(-c4nc(-c5ccccc5)nc(-c5cccc(-c6ccccc6)c5)n4)c3)C2C=C1. The lowest BCUT2D eigenvalue weighted by Crippen LogP contribution is -2.21. The minimum absolute atomic E-state index is 0.210. The van der Waals surface area contributed by atoms with Crippen LogP contribution in [0.2, 0.25) is 0 Å². The number of aromatic nitrogens is 3. The van der Waals surface area contributed by atoms with Crippen molar-refractivity contribution in [3.8, 4) is 45.3 Å². The molecule has 0 spiro atoms. The number of allylic oxidation sites excluding steroid dienone is 8. The smallest absolute Gasteiger partial charge is 0.164 e. The first-order valence-electron chi connectivity index (χ1n) is 17.4. The molecule has 6 aromatic carbocycles. The molecule has 10 rings (SSSR count). The molecule has 51 heavy (non-hydrogen) atoms. The van der Waals surface area contributed by atoms with E-state index in [0.29, 0.717) is 17.5 Å². The Kier molecular flexibility index (Phi) is 6.91. The number of rotatable bonds is 5. The highest BCUT2D eigenvalue weighted by Gasteiger charge is 2.42. The first-order chi connectivity index (χ1) is 25.3. The van der Waals surface area contributed by atoms with Gasteiger partial charge in [-0.1, -0.05) is 152 Å². The first kappa shape index (κ1) is 29.3. The Labute approximate surface area is 297 Å². The maximum atomic E-state index is 5.14. The minimum Gasteiger partial charge on any atom is -0.313 e. The molecular formula is C47H32N4. The summed E-state index contributed by atoms with van der Waals surface area (Å²) in [5, 5.41) is 2.57. The molecule has 1 aromatic heterocycles. The third kappa shape index (κ3) is 5.03. The molecule has 2 atom stereocenters. The lowest BCUT2D eigenvalue weighted by molar-refractivity contribution is 0.654. The molecule has 4 nitrogen and oxygen atoms in total. The maximum absolute atomic E-state index is 5.14. The Morgan fingerprint density at radius 3 is 1.94 bits per heavy atom. The van der Waals surface area contributed by atoms with Gasteiger partial charge in [-0.25, -0.2) is 15.0 Å². The summed E-state index contributed by atoms with van der Waals surface area (Å²) < 4.78 is 0. The van der Waals surface area contributed by atoms with Crippen LogP contribution >= 0.6 is 0 Å². The van der Waals surface area contributed by atoms with Crippen molar-refractivity contribution in [2.45, 2.75) is 5.92 Å². The van der Waals surface area contributed by atoms with Crippen LogP contribution in [-0.2, 0) is 0 Å². The number of fused-ring (bicyclic) bond motifs is 7. The first-order valence-corrected chi connectivity index (χ1v) is 17.4. The van der Waals surface area contributed by atoms with Gasteiger partial charge < -0.3 is 4.90 Å². The molecule has 0 amide bonds. The summed E-state index contributed by atoms with van der Waals surface area (Å²) in [5.74, 6) is 2.42. The van der Waals surface area contributed by atoms with Crippen LogP contribution in [0.5, 0.6) is 0 Å². The van der Waals surface area contributed by atoms with Crippen LogP contribution in [0.3, 0.4) is 0 Å². The molecule has 240 valence electrons. The molecular weight excluding hydrogens is 621 g/mol. The molecule has 0 N–H and O–H groups in total. The van der Waals surface area contributed by atoms with Gasteiger partial charge in [0.15, 0.2) is 17.5 Å². The number of hydrogen-bond donors (Lipinski definition) is 0. The molecule has 0 bridgehead atoms. The van der Waals surface area contributed by atoms with Crippen LogP contribution in [0.1, 0.15) is 11.5 Å². The van der Waals surface area contributed by atoms with E-state index in [4.69, 9.17) is 15.0 Å². The number of nitrogens with zero attached hydrogens (tertiary/aromatic N) is 4. The summed E-state index contributed by atoms with van der Waals surface area (Å²) in [7, 11) is 0. The fourth-order valence-electron chi connectivity index (χ4n) is 7.89. The second kappa shape index (κ2) is 12.0. The van der Waals surface area contributed by atoms with E-state index in [2.05, 4.69) is 163 Å². The van der Waals surface area contributed by atoms with Crippen LogP contribution in [0.15, 0.2) is 193 Å². The Morgan fingerprint density at radius 1 is 0.490 bits per heavy atom. The van der Waals surface area contributed by atoms with Crippen molar-refractivity contribution in [3.63, 3.8) is 0 Å². The van der Waals surface area contributed by atoms with Gasteiger partial charge in [-0.2, -0.15) is 0 Å². The highest BCUT2D eigenvalue weighted by atomic mass is 15.2. The van der Waals surface area contributed by atoms with Gasteiger partial charge in [0, 0.05) is 39.9 Å². The summed E-state index contributed by atoms with van der Waals surface area (Å²) in [6.07, 6.45) is 13.6. The Balaban J connectivity index is 1.13. The Hall–Kier alpha value is -6.65. The van der Waals surface area contributed by atoms with E-state index in [9.17, 15) is 0 Å². The van der Waals surface area contributed by atoms with Crippen molar-refractivity contribution < 1.29 is 0 Å². The number of anilines is 2. The largest absolute Gasteiger partial charge is 0.313 e. The minimum atomic E-state index is 0.210. The van der Waals surface area contributed by atoms with E-state index in [0.717, 1.165) is 33.5 Å². The zero-order valence-electron chi connectivity index (χ0n) is 27.8. The lowest BCUT2D eigenvalue weighted by atomic mass is 9.75. The summed E-state index contributed by atoms with van der Waals surface area (Å²) in [4.78, 5) is 17.7. The van der Waals surface area contributed by atoms with Crippen molar-refractivity contribution in [3.05, 3.63) is 199 Å². The van der Waals surface area contributed by atoms with Crippen LogP contribution < -0.4 is 4.90 Å². The standard InChI is InChI=1S/C47H32N4/c1-3-13-31(14-4-1)35-19-11-20-36(29-35)46-48-45(34-17-5-2-6-18-34)49-47(50-46)37-21-12-22-38(30-37)51-41-27-25-32-15-7-9-23-39(32)43(41)44-40-24-10-8-16-33(40)26-28-42(44)51/h1-30,39,43H. The highest BCUT2D eigenvalue weighted by molar-refractivity contribution is 5.97. The van der Waals surface area contributed by atoms with Crippen molar-refractivity contribution in [2.75, 3.05) is 4.90 Å². The van der Waals surface area contributed by atoms with E-state index in [1.165, 1.54) is 33.3 Å². The van der Waals surface area contributed by atoms with Gasteiger partial charge in [0.2, 0.25) is 0 Å². The molecule has 2 heterocycles. The van der Waals surface area contributed by atoms with Crippen LogP contribution in [0.25, 0.3) is 56.1 Å². The molecule has 0 saturated heterocycles. The Bertz CT molecular complexity index is 2600. The molecule has 0 radical (unpaired) electrons. The summed E-state index contributed by atoms with van der Waals surface area (Å²) in [6.45, 7) is 0. The predicted molar refractivity (Wildman–Crippen MR) is 208 cm³/mol. The fraction of sp³-hybridized carbons (Fsp3) is 0.0426. The molecule has 0 saturated carbocycles. The molecule has 0 fully saturated rings. The third-order valence-electron chi connectivity index (χ3n) is 10.2. The van der Waals surface area contributed by atoms with Crippen molar-refractivity contribution >= 4 is 22.1 Å². The van der Waals surface area contributed by atoms with Gasteiger partial charge in [0.1, 0.15) is 0 Å². The van der Waals surface area contributed by atoms with Gasteiger partial charge >= 0.3 is 0 Å². The molecule has 2 unspecified atom stereocenters. The molecule has 4 heteroatoms. The second-order valence-corrected chi connectivity index (χ2v) is 13.2. The van der Waals surface area contributed by atoms with Crippen LogP contribution in [0, 0.1) is 5.92 Å². The van der Waals surface area contributed by atoms with Crippen molar-refractivity contribution in [1.29, 1.82) is 0 Å². The molecule has 2 aliphatic carbocycles. The molecule has 7 aromatic rings. The summed E-state index contributed by atoms with van der Waals surface area (Å²) in [5.41, 5.74) is 11.4. The average Bonchev–Trinajstić information content (AvgIpc) is 3.57. The fourth-order valence-corrected chi connectivity index (χ4v) is 7.89. The zero-order chi connectivity index (χ0) is 33.7. The summed E-state index contributed by atoms with van der Waals surface area (Å²) >= 11 is 0. The van der Waals surface area contributed by atoms with Gasteiger partial charge in [-0.05, 0) is 63.4 Å². The lowest BCUT2D eigenvalue weighted by Gasteiger charge is -2.31. The summed E-state index contributed by atoms with van der Waals surface area (Å²) in [6, 6.07) is 51.0. The van der Waals surface area contributed by atoms with E-state index in [1.807, 2.05) is 24.3 Å². The van der Waals surface area contributed by atoms with Crippen molar-refractivity contribution in [2.24, 2.45) is 5.92 Å². The van der Waals surface area contributed by atoms with E-state index < -0.39 is 0 Å². The van der Waals surface area contributed by atoms with Gasteiger partial charge in [-0.15, -0.1) is 0 Å². The number of hydrogen-bond acceptors (Lipinski definition) is 4. The second-order valence-electron chi connectivity index (χ2n) is 13.2. The topological polar surface area (TPSA) is 41.9 Å². The zero-order valence-corrected chi connectivity index (χ0v) is 27.8. The van der Waals surface area contributed by atoms with Crippen LogP contribution in [0.4, 0.5) is 11.4 Å².